The number of hydrogen-bond donors (Lipinski definition) is 2. The lowest BCUT2D eigenvalue weighted by Gasteiger charge is -2.12. The van der Waals surface area contributed by atoms with Gasteiger partial charge in [0.25, 0.3) is 0 Å². The predicted molar refractivity (Wildman–Crippen MR) is 74.0 cm³/mol. The second-order valence-corrected chi connectivity index (χ2v) is 4.17. The molecule has 0 amide bonds. The van der Waals surface area contributed by atoms with E-state index in [9.17, 15) is 0 Å². The summed E-state index contributed by atoms with van der Waals surface area (Å²) in [6.07, 6.45) is 1.73. The van der Waals surface area contributed by atoms with Gasteiger partial charge in [0.1, 0.15) is 5.82 Å². The van der Waals surface area contributed by atoms with Gasteiger partial charge in [0.05, 0.1) is 0 Å². The van der Waals surface area contributed by atoms with Crippen LogP contribution in [-0.2, 0) is 6.54 Å². The molecule has 0 bridgehead atoms. The van der Waals surface area contributed by atoms with E-state index >= 15 is 0 Å². The summed E-state index contributed by atoms with van der Waals surface area (Å²) in [7, 11) is 3.82. The monoisotopic (exact) mass is 243 g/mol. The lowest BCUT2D eigenvalue weighted by molar-refractivity contribution is 1.00. The molecule has 1 aromatic carbocycles. The van der Waals surface area contributed by atoms with E-state index in [1.165, 1.54) is 0 Å². The predicted octanol–water partition coefficient (Wildman–Crippen LogP) is 1.74. The third-order valence-corrected chi connectivity index (χ3v) is 2.48. The smallest absolute Gasteiger partial charge is 0.226 e. The molecule has 0 unspecified atom stereocenters. The lowest BCUT2D eigenvalue weighted by Crippen LogP contribution is -2.13. The SMILES string of the molecule is CN(C)c1nccc(Nc2cccc(CN)c2)n1. The number of nitrogens with one attached hydrogen (secondary N) is 1. The molecule has 0 radical (unpaired) electrons. The summed E-state index contributed by atoms with van der Waals surface area (Å²) in [5.41, 5.74) is 7.67. The molecule has 18 heavy (non-hydrogen) atoms. The van der Waals surface area contributed by atoms with Crippen LogP contribution in [-0.4, -0.2) is 24.1 Å². The van der Waals surface area contributed by atoms with Crippen LogP contribution in [0.1, 0.15) is 5.56 Å². The molecular weight excluding hydrogens is 226 g/mol. The Labute approximate surface area is 107 Å². The van der Waals surface area contributed by atoms with E-state index in [2.05, 4.69) is 15.3 Å². The Morgan fingerprint density at radius 3 is 2.83 bits per heavy atom. The highest BCUT2D eigenvalue weighted by Gasteiger charge is 2.01. The molecule has 0 aliphatic carbocycles. The second-order valence-electron chi connectivity index (χ2n) is 4.17. The van der Waals surface area contributed by atoms with Crippen molar-refractivity contribution in [3.05, 3.63) is 42.1 Å². The topological polar surface area (TPSA) is 67.1 Å². The summed E-state index contributed by atoms with van der Waals surface area (Å²) in [4.78, 5) is 10.4. The zero-order chi connectivity index (χ0) is 13.0. The first kappa shape index (κ1) is 12.3. The Bertz CT molecular complexity index is 524. The summed E-state index contributed by atoms with van der Waals surface area (Å²) in [6.45, 7) is 0.530. The van der Waals surface area contributed by atoms with Crippen LogP contribution < -0.4 is 16.0 Å². The highest BCUT2D eigenvalue weighted by molar-refractivity contribution is 5.57. The summed E-state index contributed by atoms with van der Waals surface area (Å²) in [6, 6.07) is 9.80. The number of anilines is 3. The number of nitrogens with two attached hydrogens (primary N) is 1. The van der Waals surface area contributed by atoms with Crippen LogP contribution in [0.3, 0.4) is 0 Å². The van der Waals surface area contributed by atoms with Crippen molar-refractivity contribution in [1.29, 1.82) is 0 Å². The molecule has 0 fully saturated rings. The Hall–Kier alpha value is -2.14. The highest BCUT2D eigenvalue weighted by Crippen LogP contribution is 2.16. The fraction of sp³-hybridized carbons (Fsp3) is 0.231. The van der Waals surface area contributed by atoms with Crippen molar-refractivity contribution in [2.45, 2.75) is 6.54 Å². The van der Waals surface area contributed by atoms with Crippen LogP contribution in [0.2, 0.25) is 0 Å². The van der Waals surface area contributed by atoms with Gasteiger partial charge in [-0.1, -0.05) is 12.1 Å². The standard InChI is InChI=1S/C13H17N5/c1-18(2)13-15-7-6-12(17-13)16-11-5-3-4-10(8-11)9-14/h3-8H,9,14H2,1-2H3,(H,15,16,17). The van der Waals surface area contributed by atoms with Gasteiger partial charge >= 0.3 is 0 Å². The number of hydrogen-bond acceptors (Lipinski definition) is 5. The van der Waals surface area contributed by atoms with Gasteiger partial charge in [-0.15, -0.1) is 0 Å². The van der Waals surface area contributed by atoms with Crippen LogP contribution in [0.15, 0.2) is 36.5 Å². The van der Waals surface area contributed by atoms with Crippen LogP contribution in [0, 0.1) is 0 Å². The molecule has 0 saturated carbocycles. The molecule has 5 heteroatoms. The van der Waals surface area contributed by atoms with E-state index in [1.807, 2.05) is 49.3 Å². The number of aromatic nitrogens is 2. The summed E-state index contributed by atoms with van der Waals surface area (Å²) < 4.78 is 0. The molecule has 0 saturated heterocycles. The third-order valence-electron chi connectivity index (χ3n) is 2.48. The maximum Gasteiger partial charge on any atom is 0.226 e. The fourth-order valence-corrected chi connectivity index (χ4v) is 1.56. The van der Waals surface area contributed by atoms with Crippen molar-refractivity contribution in [2.24, 2.45) is 5.73 Å². The maximum atomic E-state index is 5.62. The quantitative estimate of drug-likeness (QED) is 0.856. The van der Waals surface area contributed by atoms with E-state index in [1.54, 1.807) is 6.20 Å². The average Bonchev–Trinajstić information content (AvgIpc) is 2.39. The molecule has 1 heterocycles. The van der Waals surface area contributed by atoms with E-state index in [0.717, 1.165) is 17.1 Å². The molecule has 5 nitrogen and oxygen atoms in total. The van der Waals surface area contributed by atoms with Gasteiger partial charge in [0.2, 0.25) is 5.95 Å². The van der Waals surface area contributed by atoms with Gasteiger partial charge in [0, 0.05) is 32.5 Å². The average molecular weight is 243 g/mol. The molecule has 0 atom stereocenters. The minimum Gasteiger partial charge on any atom is -0.347 e. The van der Waals surface area contributed by atoms with Crippen LogP contribution in [0.4, 0.5) is 17.5 Å². The number of rotatable bonds is 4. The van der Waals surface area contributed by atoms with Crippen molar-refractivity contribution < 1.29 is 0 Å². The van der Waals surface area contributed by atoms with Crippen molar-refractivity contribution in [3.63, 3.8) is 0 Å². The molecule has 0 aliphatic heterocycles. The van der Waals surface area contributed by atoms with Crippen LogP contribution >= 0.6 is 0 Å². The zero-order valence-corrected chi connectivity index (χ0v) is 10.6. The van der Waals surface area contributed by atoms with Crippen molar-refractivity contribution in [1.82, 2.24) is 9.97 Å². The number of nitrogens with zero attached hydrogens (tertiary/aromatic N) is 3. The van der Waals surface area contributed by atoms with Crippen LogP contribution in [0.25, 0.3) is 0 Å². The summed E-state index contributed by atoms with van der Waals surface area (Å²) in [5, 5.41) is 3.24. The molecular formula is C13H17N5. The van der Waals surface area contributed by atoms with E-state index < -0.39 is 0 Å². The minimum atomic E-state index is 0.530. The molecule has 2 rings (SSSR count). The van der Waals surface area contributed by atoms with Gasteiger partial charge in [-0.2, -0.15) is 4.98 Å². The Morgan fingerprint density at radius 1 is 1.28 bits per heavy atom. The van der Waals surface area contributed by atoms with E-state index in [-0.39, 0.29) is 0 Å². The van der Waals surface area contributed by atoms with Crippen molar-refractivity contribution >= 4 is 17.5 Å². The minimum absolute atomic E-state index is 0.530. The number of benzene rings is 1. The second kappa shape index (κ2) is 5.46. The van der Waals surface area contributed by atoms with Gasteiger partial charge in [-0.3, -0.25) is 0 Å². The highest BCUT2D eigenvalue weighted by atomic mass is 15.2. The van der Waals surface area contributed by atoms with Crippen LogP contribution in [0.5, 0.6) is 0 Å². The van der Waals surface area contributed by atoms with Gasteiger partial charge in [-0.05, 0) is 23.8 Å². The Morgan fingerprint density at radius 2 is 2.11 bits per heavy atom. The first-order valence-electron chi connectivity index (χ1n) is 5.75. The van der Waals surface area contributed by atoms with Crippen molar-refractivity contribution in [2.75, 3.05) is 24.3 Å². The largest absolute Gasteiger partial charge is 0.347 e. The Kier molecular flexibility index (Phi) is 3.74. The maximum absolute atomic E-state index is 5.62. The normalized spacial score (nSPS) is 10.2. The summed E-state index contributed by atoms with van der Waals surface area (Å²) >= 11 is 0. The lowest BCUT2D eigenvalue weighted by atomic mass is 10.2. The first-order valence-corrected chi connectivity index (χ1v) is 5.75. The first-order chi connectivity index (χ1) is 8.69. The van der Waals surface area contributed by atoms with E-state index in [4.69, 9.17) is 5.73 Å². The van der Waals surface area contributed by atoms with Crippen molar-refractivity contribution in [3.8, 4) is 0 Å². The van der Waals surface area contributed by atoms with Gasteiger partial charge in [-0.25, -0.2) is 4.98 Å². The molecule has 94 valence electrons. The molecule has 0 spiro atoms. The molecule has 1 aromatic heterocycles. The molecule has 2 aromatic rings. The molecule has 0 aliphatic rings. The molecule has 3 N–H and O–H groups in total. The van der Waals surface area contributed by atoms with E-state index in [0.29, 0.717) is 12.5 Å². The fourth-order valence-electron chi connectivity index (χ4n) is 1.56. The summed E-state index contributed by atoms with van der Waals surface area (Å²) in [5.74, 6) is 1.44. The van der Waals surface area contributed by atoms with Gasteiger partial charge in [0.15, 0.2) is 0 Å². The van der Waals surface area contributed by atoms with Gasteiger partial charge < -0.3 is 16.0 Å². The third kappa shape index (κ3) is 2.95. The Balaban J connectivity index is 2.20. The zero-order valence-electron chi connectivity index (χ0n) is 10.6.